The van der Waals surface area contributed by atoms with E-state index in [4.69, 9.17) is 21.7 Å². The van der Waals surface area contributed by atoms with Gasteiger partial charge < -0.3 is 9.47 Å². The summed E-state index contributed by atoms with van der Waals surface area (Å²) in [7, 11) is 0. The number of thiocarbonyl (C=S) groups is 1. The van der Waals surface area contributed by atoms with Crippen LogP contribution < -0.4 is 9.47 Å². The molecule has 0 bridgehead atoms. The molecule has 1 amide bonds. The van der Waals surface area contributed by atoms with Gasteiger partial charge in [-0.25, -0.2) is 4.39 Å². The maximum Gasteiger partial charge on any atom is 0.266 e. The van der Waals surface area contributed by atoms with E-state index in [1.165, 1.54) is 23.2 Å². The Morgan fingerprint density at radius 2 is 2.16 bits per heavy atom. The smallest absolute Gasteiger partial charge is 0.266 e. The second kappa shape index (κ2) is 6.45. The van der Waals surface area contributed by atoms with Crippen molar-refractivity contribution in [2.24, 2.45) is 0 Å². The van der Waals surface area contributed by atoms with E-state index in [0.717, 1.165) is 23.5 Å². The van der Waals surface area contributed by atoms with E-state index in [9.17, 15) is 9.18 Å². The van der Waals surface area contributed by atoms with Crippen LogP contribution in [0.25, 0.3) is 6.08 Å². The lowest BCUT2D eigenvalue weighted by Gasteiger charge is -2.14. The van der Waals surface area contributed by atoms with Crippen LogP contribution in [0.4, 0.5) is 4.39 Å². The number of hydrogen-bond donors (Lipinski definition) is 0. The molecule has 5 nitrogen and oxygen atoms in total. The molecule has 1 saturated heterocycles. The number of ether oxygens (including phenoxy) is 2. The molecule has 1 aromatic carbocycles. The van der Waals surface area contributed by atoms with Crippen molar-refractivity contribution in [1.29, 1.82) is 0 Å². The number of fused-ring (bicyclic) bond motifs is 1. The lowest BCUT2D eigenvalue weighted by Crippen LogP contribution is -2.27. The molecule has 0 aliphatic carbocycles. The zero-order valence-electron chi connectivity index (χ0n) is 12.8. The molecule has 1 fully saturated rings. The summed E-state index contributed by atoms with van der Waals surface area (Å²) in [4.78, 5) is 18.2. The lowest BCUT2D eigenvalue weighted by atomic mass is 10.2. The van der Waals surface area contributed by atoms with Crippen molar-refractivity contribution in [3.63, 3.8) is 0 Å². The number of aromatic nitrogens is 1. The third-order valence-electron chi connectivity index (χ3n) is 3.74. The van der Waals surface area contributed by atoms with Crippen LogP contribution in [0.5, 0.6) is 11.5 Å². The number of carbonyl (C=O) groups excluding carboxylic acids is 1. The molecule has 8 heteroatoms. The molecule has 4 rings (SSSR count). The van der Waals surface area contributed by atoms with Crippen LogP contribution in [0.3, 0.4) is 0 Å². The first-order valence-electron chi connectivity index (χ1n) is 7.35. The van der Waals surface area contributed by atoms with Gasteiger partial charge in [-0.3, -0.25) is 14.7 Å². The molecular weight excluding hydrogens is 363 g/mol. The summed E-state index contributed by atoms with van der Waals surface area (Å²) in [5, 5.41) is 0. The number of hydrogen-bond acceptors (Lipinski definition) is 6. The van der Waals surface area contributed by atoms with Crippen LogP contribution in [0.2, 0.25) is 0 Å². The van der Waals surface area contributed by atoms with Gasteiger partial charge in [-0.15, -0.1) is 0 Å². The van der Waals surface area contributed by atoms with Crippen molar-refractivity contribution in [1.82, 2.24) is 9.88 Å². The molecule has 25 heavy (non-hydrogen) atoms. The average Bonchev–Trinajstić information content (AvgIpc) is 3.17. The van der Waals surface area contributed by atoms with Gasteiger partial charge >= 0.3 is 0 Å². The Morgan fingerprint density at radius 3 is 3.00 bits per heavy atom. The first-order valence-corrected chi connectivity index (χ1v) is 8.58. The zero-order chi connectivity index (χ0) is 17.4. The molecule has 0 unspecified atom stereocenters. The average molecular weight is 374 g/mol. The van der Waals surface area contributed by atoms with Gasteiger partial charge in [0.15, 0.2) is 11.5 Å². The predicted molar refractivity (Wildman–Crippen MR) is 95.5 cm³/mol. The molecule has 0 saturated carbocycles. The van der Waals surface area contributed by atoms with Crippen molar-refractivity contribution < 1.29 is 18.7 Å². The quantitative estimate of drug-likeness (QED) is 0.607. The first-order chi connectivity index (χ1) is 12.1. The fraction of sp³-hybridized carbons (Fsp3) is 0.118. The fourth-order valence-electron chi connectivity index (χ4n) is 2.50. The monoisotopic (exact) mass is 374 g/mol. The third kappa shape index (κ3) is 3.10. The summed E-state index contributed by atoms with van der Waals surface area (Å²) in [6, 6.07) is 7.00. The fourth-order valence-corrected chi connectivity index (χ4v) is 3.75. The highest BCUT2D eigenvalue weighted by atomic mass is 32.2. The van der Waals surface area contributed by atoms with E-state index in [1.54, 1.807) is 6.07 Å². The van der Waals surface area contributed by atoms with Crippen molar-refractivity contribution >= 4 is 40.3 Å². The summed E-state index contributed by atoms with van der Waals surface area (Å²) < 4.78 is 24.8. The predicted octanol–water partition coefficient (Wildman–Crippen LogP) is 3.35. The number of pyridine rings is 1. The molecule has 2 aliphatic rings. The first kappa shape index (κ1) is 16.0. The summed E-state index contributed by atoms with van der Waals surface area (Å²) in [5.74, 6) is 0.604. The molecular formula is C17H11FN2O3S2. The summed E-state index contributed by atoms with van der Waals surface area (Å²) in [6.45, 7) is 0.511. The second-order valence-corrected chi connectivity index (χ2v) is 7.03. The highest BCUT2D eigenvalue weighted by Gasteiger charge is 2.32. The summed E-state index contributed by atoms with van der Waals surface area (Å²) >= 11 is 6.46. The summed E-state index contributed by atoms with van der Waals surface area (Å²) in [6.07, 6.45) is 4.08. The van der Waals surface area contributed by atoms with Crippen molar-refractivity contribution in [2.45, 2.75) is 6.54 Å². The Labute approximate surface area is 152 Å². The van der Waals surface area contributed by atoms with Gasteiger partial charge in [0.2, 0.25) is 6.79 Å². The SMILES string of the molecule is O=C1C(=Cc2ccncc2F)SC(=S)N1Cc1ccc2c(c1)OCO2. The minimum atomic E-state index is -0.483. The number of thioether (sulfide) groups is 1. The largest absolute Gasteiger partial charge is 0.454 e. The van der Waals surface area contributed by atoms with Gasteiger partial charge in [0.25, 0.3) is 5.91 Å². The van der Waals surface area contributed by atoms with Gasteiger partial charge in [0, 0.05) is 11.8 Å². The Morgan fingerprint density at radius 1 is 1.32 bits per heavy atom. The van der Waals surface area contributed by atoms with Crippen LogP contribution in [0.15, 0.2) is 41.6 Å². The summed E-state index contributed by atoms with van der Waals surface area (Å²) in [5.41, 5.74) is 1.18. The van der Waals surface area contributed by atoms with Gasteiger partial charge in [-0.05, 0) is 29.8 Å². The molecule has 0 radical (unpaired) electrons. The highest BCUT2D eigenvalue weighted by molar-refractivity contribution is 8.26. The molecule has 3 heterocycles. The van der Waals surface area contributed by atoms with Crippen molar-refractivity contribution in [3.05, 3.63) is 58.5 Å². The van der Waals surface area contributed by atoms with E-state index in [2.05, 4.69) is 4.98 Å². The minimum absolute atomic E-state index is 0.195. The molecule has 0 spiro atoms. The third-order valence-corrected chi connectivity index (χ3v) is 5.12. The van der Waals surface area contributed by atoms with Gasteiger partial charge in [-0.2, -0.15) is 0 Å². The molecule has 0 atom stereocenters. The molecule has 2 aliphatic heterocycles. The van der Waals surface area contributed by atoms with Crippen molar-refractivity contribution in [2.75, 3.05) is 6.79 Å². The van der Waals surface area contributed by atoms with E-state index in [-0.39, 0.29) is 12.7 Å². The van der Waals surface area contributed by atoms with Gasteiger partial charge in [0.05, 0.1) is 17.6 Å². The molecule has 126 valence electrons. The lowest BCUT2D eigenvalue weighted by molar-refractivity contribution is -0.122. The minimum Gasteiger partial charge on any atom is -0.454 e. The zero-order valence-corrected chi connectivity index (χ0v) is 14.4. The van der Waals surface area contributed by atoms with Gasteiger partial charge in [0.1, 0.15) is 10.1 Å². The highest BCUT2D eigenvalue weighted by Crippen LogP contribution is 2.36. The molecule has 2 aromatic rings. The number of rotatable bonds is 3. The standard InChI is InChI=1S/C17H11FN2O3S2/c18-12-7-19-4-3-11(12)6-15-16(21)20(17(24)25-15)8-10-1-2-13-14(5-10)23-9-22-13/h1-7H,8-9H2. The van der Waals surface area contributed by atoms with Gasteiger partial charge in [-0.1, -0.05) is 30.0 Å². The Bertz CT molecular complexity index is 917. The van der Waals surface area contributed by atoms with Crippen LogP contribution >= 0.6 is 24.0 Å². The number of halogens is 1. The van der Waals surface area contributed by atoms with E-state index in [0.29, 0.717) is 32.8 Å². The number of carbonyl (C=O) groups is 1. The molecule has 0 N–H and O–H groups in total. The van der Waals surface area contributed by atoms with Crippen LogP contribution in [-0.4, -0.2) is 26.9 Å². The maximum atomic E-state index is 13.7. The Balaban J connectivity index is 1.56. The van der Waals surface area contributed by atoms with Crippen molar-refractivity contribution in [3.8, 4) is 11.5 Å². The Kier molecular flexibility index (Phi) is 4.14. The second-order valence-electron chi connectivity index (χ2n) is 5.35. The number of nitrogens with zero attached hydrogens (tertiary/aromatic N) is 2. The number of amides is 1. The number of benzene rings is 1. The maximum absolute atomic E-state index is 13.7. The topological polar surface area (TPSA) is 51.7 Å². The van der Waals surface area contributed by atoms with E-state index < -0.39 is 5.82 Å². The van der Waals surface area contributed by atoms with E-state index in [1.807, 2.05) is 12.1 Å². The van der Waals surface area contributed by atoms with E-state index >= 15 is 0 Å². The van der Waals surface area contributed by atoms with Crippen LogP contribution in [-0.2, 0) is 11.3 Å². The van der Waals surface area contributed by atoms with Crippen LogP contribution in [0.1, 0.15) is 11.1 Å². The van der Waals surface area contributed by atoms with Crippen LogP contribution in [0, 0.1) is 5.82 Å². The Hall–Kier alpha value is -2.45. The molecule has 1 aromatic heterocycles. The normalized spacial score (nSPS) is 17.6.